The third kappa shape index (κ3) is 5.61. The van der Waals surface area contributed by atoms with E-state index in [1.165, 1.54) is 5.57 Å². The maximum Gasteiger partial charge on any atom is 0.254 e. The van der Waals surface area contributed by atoms with Crippen LogP contribution in [0.25, 0.3) is 17.0 Å². The van der Waals surface area contributed by atoms with E-state index in [0.717, 1.165) is 34.4 Å². The van der Waals surface area contributed by atoms with E-state index in [4.69, 9.17) is 5.11 Å². The smallest absolute Gasteiger partial charge is 0.254 e. The standard InChI is InChI=1S/C27H27N5O2/c1-18-15-19(2)29-20(16-18)10-12-25-22-11-9-21(17-26(22)32-31-25)30-24-8-4-3-7-23(24)27(34)28-13-5-6-14-33/h3-4,7-12,15,17,20,30,33H,13-14,16H2,1-2H3,(H,28,34)(H,31,32)/b12-10+. The Morgan fingerprint density at radius 1 is 1.24 bits per heavy atom. The van der Waals surface area contributed by atoms with Crippen molar-refractivity contribution in [2.24, 2.45) is 4.99 Å². The SMILES string of the molecule is CC1=CC(C)=NC(/C=C/c2n[nH]c3cc(Nc4ccccc4C(=O)NCC#CCO)ccc23)C1. The molecule has 0 aliphatic carbocycles. The summed E-state index contributed by atoms with van der Waals surface area (Å²) in [5, 5.41) is 23.4. The van der Waals surface area contributed by atoms with E-state index in [1.54, 1.807) is 6.07 Å². The molecule has 172 valence electrons. The van der Waals surface area contributed by atoms with E-state index >= 15 is 0 Å². The number of hydrogen-bond acceptors (Lipinski definition) is 5. The summed E-state index contributed by atoms with van der Waals surface area (Å²) in [7, 11) is 0. The highest BCUT2D eigenvalue weighted by atomic mass is 16.2. The summed E-state index contributed by atoms with van der Waals surface area (Å²) in [4.78, 5) is 17.2. The van der Waals surface area contributed by atoms with Crippen LogP contribution in [0.5, 0.6) is 0 Å². The Morgan fingerprint density at radius 2 is 2.09 bits per heavy atom. The molecule has 4 N–H and O–H groups in total. The third-order valence-electron chi connectivity index (χ3n) is 5.42. The molecule has 2 aromatic carbocycles. The predicted molar refractivity (Wildman–Crippen MR) is 137 cm³/mol. The molecular formula is C27H27N5O2. The van der Waals surface area contributed by atoms with Gasteiger partial charge < -0.3 is 15.7 Å². The average molecular weight is 454 g/mol. The molecule has 0 saturated carbocycles. The van der Waals surface area contributed by atoms with Gasteiger partial charge in [-0.1, -0.05) is 35.6 Å². The normalized spacial score (nSPS) is 15.4. The van der Waals surface area contributed by atoms with Crippen LogP contribution in [0.4, 0.5) is 11.4 Å². The number of aliphatic hydroxyl groups excluding tert-OH is 1. The van der Waals surface area contributed by atoms with E-state index in [0.29, 0.717) is 11.3 Å². The van der Waals surface area contributed by atoms with Gasteiger partial charge in [0.15, 0.2) is 0 Å². The first-order chi connectivity index (χ1) is 16.5. The van der Waals surface area contributed by atoms with Crippen molar-refractivity contribution >= 4 is 40.0 Å². The first kappa shape index (κ1) is 23.0. The fraction of sp³-hybridized carbons (Fsp3) is 0.222. The highest BCUT2D eigenvalue weighted by molar-refractivity contribution is 6.01. The summed E-state index contributed by atoms with van der Waals surface area (Å²) in [6.45, 7) is 4.10. The van der Waals surface area contributed by atoms with Gasteiger partial charge in [-0.2, -0.15) is 5.10 Å². The zero-order valence-electron chi connectivity index (χ0n) is 19.2. The number of aromatic amines is 1. The van der Waals surface area contributed by atoms with Gasteiger partial charge in [0.05, 0.1) is 35.0 Å². The molecule has 1 aliphatic heterocycles. The number of fused-ring (bicyclic) bond motifs is 1. The number of aliphatic imine (C=N–C) groups is 1. The van der Waals surface area contributed by atoms with Gasteiger partial charge >= 0.3 is 0 Å². The molecule has 7 heteroatoms. The molecule has 0 fully saturated rings. The topological polar surface area (TPSA) is 102 Å². The van der Waals surface area contributed by atoms with Crippen molar-refractivity contribution < 1.29 is 9.90 Å². The van der Waals surface area contributed by atoms with E-state index in [2.05, 4.69) is 56.7 Å². The average Bonchev–Trinajstić information content (AvgIpc) is 3.22. The summed E-state index contributed by atoms with van der Waals surface area (Å²) in [6.07, 6.45) is 7.16. The lowest BCUT2D eigenvalue weighted by Gasteiger charge is -2.14. The largest absolute Gasteiger partial charge is 0.384 e. The summed E-state index contributed by atoms with van der Waals surface area (Å²) in [5.41, 5.74) is 6.16. The zero-order valence-corrected chi connectivity index (χ0v) is 19.2. The molecule has 0 radical (unpaired) electrons. The lowest BCUT2D eigenvalue weighted by atomic mass is 10.0. The minimum atomic E-state index is -0.240. The number of amides is 1. The van der Waals surface area contributed by atoms with Gasteiger partial charge in [-0.25, -0.2) is 0 Å². The Kier molecular flexibility index (Phi) is 7.21. The van der Waals surface area contributed by atoms with Crippen molar-refractivity contribution in [3.05, 3.63) is 71.4 Å². The fourth-order valence-electron chi connectivity index (χ4n) is 3.93. The van der Waals surface area contributed by atoms with Crippen LogP contribution in [-0.4, -0.2) is 46.1 Å². The monoisotopic (exact) mass is 453 g/mol. The molecule has 4 rings (SSSR count). The Bertz CT molecular complexity index is 1350. The minimum Gasteiger partial charge on any atom is -0.384 e. The van der Waals surface area contributed by atoms with E-state index in [1.807, 2.05) is 49.4 Å². The summed E-state index contributed by atoms with van der Waals surface area (Å²) < 4.78 is 0. The second-order valence-corrected chi connectivity index (χ2v) is 8.13. The molecule has 1 aromatic heterocycles. The van der Waals surface area contributed by atoms with Crippen LogP contribution in [0.1, 0.15) is 36.3 Å². The van der Waals surface area contributed by atoms with Crippen molar-refractivity contribution in [2.45, 2.75) is 26.3 Å². The number of aromatic nitrogens is 2. The summed E-state index contributed by atoms with van der Waals surface area (Å²) >= 11 is 0. The maximum absolute atomic E-state index is 12.6. The van der Waals surface area contributed by atoms with Crippen molar-refractivity contribution in [2.75, 3.05) is 18.5 Å². The Morgan fingerprint density at radius 3 is 2.91 bits per heavy atom. The number of hydrogen-bond donors (Lipinski definition) is 4. The number of aliphatic hydroxyl groups is 1. The second-order valence-electron chi connectivity index (χ2n) is 8.13. The Hall–Kier alpha value is -4.15. The van der Waals surface area contributed by atoms with Gasteiger partial charge in [0.25, 0.3) is 5.91 Å². The molecule has 0 saturated heterocycles. The van der Waals surface area contributed by atoms with Crippen LogP contribution in [0.2, 0.25) is 0 Å². The number of H-pyrrole nitrogens is 1. The summed E-state index contributed by atoms with van der Waals surface area (Å²) in [5.74, 6) is 4.96. The molecule has 1 aliphatic rings. The molecule has 2 heterocycles. The third-order valence-corrected chi connectivity index (χ3v) is 5.42. The molecule has 3 aromatic rings. The van der Waals surface area contributed by atoms with Crippen LogP contribution < -0.4 is 10.6 Å². The van der Waals surface area contributed by atoms with E-state index in [9.17, 15) is 4.79 Å². The lowest BCUT2D eigenvalue weighted by Crippen LogP contribution is -2.24. The van der Waals surface area contributed by atoms with Crippen LogP contribution in [-0.2, 0) is 0 Å². The van der Waals surface area contributed by atoms with Crippen molar-refractivity contribution in [3.63, 3.8) is 0 Å². The van der Waals surface area contributed by atoms with E-state index in [-0.39, 0.29) is 25.1 Å². The highest BCUT2D eigenvalue weighted by Crippen LogP contribution is 2.26. The van der Waals surface area contributed by atoms with Crippen molar-refractivity contribution in [3.8, 4) is 11.8 Å². The Balaban J connectivity index is 1.49. The molecular weight excluding hydrogens is 426 g/mol. The first-order valence-electron chi connectivity index (χ1n) is 11.1. The van der Waals surface area contributed by atoms with Gasteiger partial charge in [0, 0.05) is 16.8 Å². The highest BCUT2D eigenvalue weighted by Gasteiger charge is 2.12. The molecule has 1 amide bonds. The number of rotatable bonds is 6. The van der Waals surface area contributed by atoms with Crippen molar-refractivity contribution in [1.29, 1.82) is 0 Å². The number of allylic oxidation sites excluding steroid dienone is 1. The van der Waals surface area contributed by atoms with Crippen LogP contribution in [0, 0.1) is 11.8 Å². The van der Waals surface area contributed by atoms with Crippen LogP contribution >= 0.6 is 0 Å². The zero-order chi connectivity index (χ0) is 23.9. The quantitative estimate of drug-likeness (QED) is 0.420. The van der Waals surface area contributed by atoms with Gasteiger partial charge in [-0.3, -0.25) is 14.9 Å². The number of benzene rings is 2. The van der Waals surface area contributed by atoms with E-state index < -0.39 is 0 Å². The number of para-hydroxylation sites is 1. The van der Waals surface area contributed by atoms with Gasteiger partial charge in [-0.05, 0) is 62.8 Å². The first-order valence-corrected chi connectivity index (χ1v) is 11.1. The molecule has 0 bridgehead atoms. The van der Waals surface area contributed by atoms with Crippen LogP contribution in [0.15, 0.2) is 65.2 Å². The molecule has 1 atom stereocenters. The maximum atomic E-state index is 12.6. The molecule has 7 nitrogen and oxygen atoms in total. The van der Waals surface area contributed by atoms with Gasteiger partial charge in [0.1, 0.15) is 6.61 Å². The lowest BCUT2D eigenvalue weighted by molar-refractivity contribution is 0.0959. The fourth-order valence-corrected chi connectivity index (χ4v) is 3.93. The molecule has 34 heavy (non-hydrogen) atoms. The van der Waals surface area contributed by atoms with Crippen molar-refractivity contribution in [1.82, 2.24) is 15.5 Å². The predicted octanol–water partition coefficient (Wildman–Crippen LogP) is 4.22. The second kappa shape index (κ2) is 10.6. The minimum absolute atomic E-state index is 0.134. The Labute approximate surface area is 198 Å². The van der Waals surface area contributed by atoms with Gasteiger partial charge in [-0.15, -0.1) is 0 Å². The number of nitrogens with zero attached hydrogens (tertiary/aromatic N) is 2. The number of dihydropyridines is 1. The number of carbonyl (C=O) groups is 1. The molecule has 1 unspecified atom stereocenters. The number of nitrogens with one attached hydrogen (secondary N) is 3. The van der Waals surface area contributed by atoms with Gasteiger partial charge in [0.2, 0.25) is 0 Å². The molecule has 0 spiro atoms. The van der Waals surface area contributed by atoms with Crippen LogP contribution in [0.3, 0.4) is 0 Å². The number of carbonyl (C=O) groups excluding carboxylic acids is 1. The summed E-state index contributed by atoms with van der Waals surface area (Å²) in [6, 6.07) is 13.4. The number of anilines is 2.